The monoisotopic (exact) mass is 229 g/mol. The molecule has 5 nitrogen and oxygen atoms in total. The molecule has 0 unspecified atom stereocenters. The van der Waals surface area contributed by atoms with Crippen LogP contribution < -0.4 is 5.32 Å². The van der Waals surface area contributed by atoms with Gasteiger partial charge in [0.05, 0.1) is 5.75 Å². The molecule has 0 saturated carbocycles. The number of benzene rings is 1. The molecule has 6 heteroatoms. The van der Waals surface area contributed by atoms with Crippen molar-refractivity contribution in [1.29, 1.82) is 0 Å². The van der Waals surface area contributed by atoms with E-state index in [-0.39, 0.29) is 12.5 Å². The number of nitrogens with one attached hydrogen (secondary N) is 1. The molecule has 1 amide bonds. The third kappa shape index (κ3) is 4.57. The molecule has 1 aromatic rings. The lowest BCUT2D eigenvalue weighted by Gasteiger charge is -2.03. The number of amides is 1. The fourth-order valence-corrected chi connectivity index (χ4v) is 1.35. The molecule has 0 radical (unpaired) electrons. The minimum atomic E-state index is -4.02. The molecule has 0 heterocycles. The summed E-state index contributed by atoms with van der Waals surface area (Å²) < 4.78 is 29.1. The van der Waals surface area contributed by atoms with Crippen LogP contribution >= 0.6 is 0 Å². The highest BCUT2D eigenvalue weighted by molar-refractivity contribution is 7.85. The van der Waals surface area contributed by atoms with Gasteiger partial charge < -0.3 is 5.32 Å². The fourth-order valence-electron chi connectivity index (χ4n) is 0.985. The van der Waals surface area contributed by atoms with Gasteiger partial charge in [0.1, 0.15) is 0 Å². The van der Waals surface area contributed by atoms with Crippen molar-refractivity contribution in [2.75, 3.05) is 12.3 Å². The van der Waals surface area contributed by atoms with Crippen LogP contribution in [0.2, 0.25) is 0 Å². The molecule has 0 aliphatic carbocycles. The van der Waals surface area contributed by atoms with Crippen molar-refractivity contribution in [3.63, 3.8) is 0 Å². The van der Waals surface area contributed by atoms with Gasteiger partial charge in [0.2, 0.25) is 0 Å². The highest BCUT2D eigenvalue weighted by Crippen LogP contribution is 1.97. The Hall–Kier alpha value is -1.40. The van der Waals surface area contributed by atoms with Gasteiger partial charge in [0.15, 0.2) is 0 Å². The molecule has 0 saturated heterocycles. The smallest absolute Gasteiger partial charge is 0.266 e. The summed E-state index contributed by atoms with van der Waals surface area (Å²) in [7, 11) is -4.02. The minimum Gasteiger partial charge on any atom is -0.351 e. The van der Waals surface area contributed by atoms with Gasteiger partial charge >= 0.3 is 0 Å². The van der Waals surface area contributed by atoms with Crippen molar-refractivity contribution in [2.45, 2.75) is 0 Å². The maximum atomic E-state index is 11.3. The first kappa shape index (κ1) is 11.7. The second kappa shape index (κ2) is 4.90. The largest absolute Gasteiger partial charge is 0.351 e. The summed E-state index contributed by atoms with van der Waals surface area (Å²) in [5.74, 6) is -0.842. The van der Waals surface area contributed by atoms with Gasteiger partial charge in [-0.15, -0.1) is 0 Å². The molecule has 1 rings (SSSR count). The van der Waals surface area contributed by atoms with Crippen LogP contribution in [0, 0.1) is 0 Å². The predicted molar refractivity (Wildman–Crippen MR) is 55.2 cm³/mol. The van der Waals surface area contributed by atoms with Crippen LogP contribution in [0.4, 0.5) is 0 Å². The zero-order valence-electron chi connectivity index (χ0n) is 7.88. The maximum absolute atomic E-state index is 11.3. The number of rotatable bonds is 4. The highest BCUT2D eigenvalue weighted by Gasteiger charge is 2.07. The number of carbonyl (C=O) groups excluding carboxylic acids is 1. The summed E-state index contributed by atoms with van der Waals surface area (Å²) in [6.45, 7) is -0.105. The van der Waals surface area contributed by atoms with E-state index < -0.39 is 15.9 Å². The lowest BCUT2D eigenvalue weighted by molar-refractivity contribution is 0.0956. The third-order valence-corrected chi connectivity index (χ3v) is 2.40. The normalized spacial score (nSPS) is 11.0. The van der Waals surface area contributed by atoms with Gasteiger partial charge in [-0.25, -0.2) is 0 Å². The van der Waals surface area contributed by atoms with Gasteiger partial charge in [-0.3, -0.25) is 9.35 Å². The number of carbonyl (C=O) groups is 1. The van der Waals surface area contributed by atoms with E-state index in [1.165, 1.54) is 0 Å². The fraction of sp³-hybridized carbons (Fsp3) is 0.222. The van der Waals surface area contributed by atoms with Crippen LogP contribution in [0.3, 0.4) is 0 Å². The quantitative estimate of drug-likeness (QED) is 0.727. The average Bonchev–Trinajstić information content (AvgIpc) is 2.17. The molecule has 1 aromatic carbocycles. The van der Waals surface area contributed by atoms with Crippen LogP contribution in [0.25, 0.3) is 0 Å². The van der Waals surface area contributed by atoms with E-state index in [2.05, 4.69) is 5.32 Å². The van der Waals surface area contributed by atoms with Gasteiger partial charge in [-0.2, -0.15) is 8.42 Å². The molecule has 0 aromatic heterocycles. The van der Waals surface area contributed by atoms with Crippen molar-refractivity contribution in [3.05, 3.63) is 35.9 Å². The van der Waals surface area contributed by atoms with Crippen LogP contribution in [-0.4, -0.2) is 31.2 Å². The zero-order chi connectivity index (χ0) is 11.3. The van der Waals surface area contributed by atoms with Crippen LogP contribution in [0.5, 0.6) is 0 Å². The SMILES string of the molecule is O=C(NCCS(=O)(=O)O)c1ccccc1. The Morgan fingerprint density at radius 2 is 1.87 bits per heavy atom. The Labute approximate surface area is 87.9 Å². The molecular formula is C9H11NO4S. The molecule has 82 valence electrons. The molecule has 0 aliphatic heterocycles. The van der Waals surface area contributed by atoms with Crippen molar-refractivity contribution >= 4 is 16.0 Å². The average molecular weight is 229 g/mol. The number of hydrogen-bond acceptors (Lipinski definition) is 3. The van der Waals surface area contributed by atoms with Crippen molar-refractivity contribution in [3.8, 4) is 0 Å². The van der Waals surface area contributed by atoms with E-state index in [0.29, 0.717) is 5.56 Å². The molecule has 15 heavy (non-hydrogen) atoms. The molecule has 2 N–H and O–H groups in total. The lowest BCUT2D eigenvalue weighted by Crippen LogP contribution is -2.28. The van der Waals surface area contributed by atoms with Crippen LogP contribution in [0.15, 0.2) is 30.3 Å². The van der Waals surface area contributed by atoms with E-state index in [0.717, 1.165) is 0 Å². The second-order valence-electron chi connectivity index (χ2n) is 2.91. The summed E-state index contributed by atoms with van der Waals surface area (Å²) in [6.07, 6.45) is 0. The Kier molecular flexibility index (Phi) is 3.81. The van der Waals surface area contributed by atoms with Gasteiger partial charge in [0, 0.05) is 12.1 Å². The van der Waals surface area contributed by atoms with E-state index >= 15 is 0 Å². The van der Waals surface area contributed by atoms with E-state index in [1.54, 1.807) is 30.3 Å². The molecule has 0 atom stereocenters. The summed E-state index contributed by atoms with van der Waals surface area (Å²) in [5.41, 5.74) is 0.452. The standard InChI is InChI=1S/C9H11NO4S/c11-9(8-4-2-1-3-5-8)10-6-7-15(12,13)14/h1-5H,6-7H2,(H,10,11)(H,12,13,14). The molecule has 0 bridgehead atoms. The first-order chi connectivity index (χ1) is 6.99. The summed E-state index contributed by atoms with van der Waals surface area (Å²) >= 11 is 0. The Bertz CT molecular complexity index is 427. The Balaban J connectivity index is 2.45. The van der Waals surface area contributed by atoms with Crippen molar-refractivity contribution in [1.82, 2.24) is 5.32 Å². The topological polar surface area (TPSA) is 83.5 Å². The zero-order valence-corrected chi connectivity index (χ0v) is 8.70. The third-order valence-electron chi connectivity index (χ3n) is 1.68. The summed E-state index contributed by atoms with van der Waals surface area (Å²) in [6, 6.07) is 8.41. The summed E-state index contributed by atoms with van der Waals surface area (Å²) in [4.78, 5) is 11.3. The maximum Gasteiger partial charge on any atom is 0.266 e. The first-order valence-corrected chi connectivity index (χ1v) is 5.88. The summed E-state index contributed by atoms with van der Waals surface area (Å²) in [5, 5.41) is 2.38. The van der Waals surface area contributed by atoms with E-state index in [4.69, 9.17) is 4.55 Å². The predicted octanol–water partition coefficient (Wildman–Crippen LogP) is 0.304. The molecule has 0 spiro atoms. The van der Waals surface area contributed by atoms with Crippen molar-refractivity contribution < 1.29 is 17.8 Å². The van der Waals surface area contributed by atoms with E-state index in [9.17, 15) is 13.2 Å². The Morgan fingerprint density at radius 1 is 1.27 bits per heavy atom. The first-order valence-electron chi connectivity index (χ1n) is 4.27. The molecular weight excluding hydrogens is 218 g/mol. The van der Waals surface area contributed by atoms with Crippen LogP contribution in [-0.2, 0) is 10.1 Å². The Morgan fingerprint density at radius 3 is 2.40 bits per heavy atom. The minimum absolute atomic E-state index is 0.105. The lowest BCUT2D eigenvalue weighted by atomic mass is 10.2. The van der Waals surface area contributed by atoms with Gasteiger partial charge in [-0.05, 0) is 12.1 Å². The highest BCUT2D eigenvalue weighted by atomic mass is 32.2. The molecule has 0 fully saturated rings. The second-order valence-corrected chi connectivity index (χ2v) is 4.48. The number of hydrogen-bond donors (Lipinski definition) is 2. The molecule has 0 aliphatic rings. The van der Waals surface area contributed by atoms with Crippen LogP contribution in [0.1, 0.15) is 10.4 Å². The van der Waals surface area contributed by atoms with E-state index in [1.807, 2.05) is 0 Å². The van der Waals surface area contributed by atoms with Gasteiger partial charge in [-0.1, -0.05) is 18.2 Å². The van der Waals surface area contributed by atoms with Gasteiger partial charge in [0.25, 0.3) is 16.0 Å². The van der Waals surface area contributed by atoms with Crippen molar-refractivity contribution in [2.24, 2.45) is 0 Å².